The Morgan fingerprint density at radius 3 is 2.21 bits per heavy atom. The molecule has 1 saturated heterocycles. The Morgan fingerprint density at radius 1 is 1.03 bits per heavy atom. The SMILES string of the molecule is CCOC(=O)C1(S(=O)(=O)c2ccc(OC)cc2)CCN(Cc2ccccc2)CC1. The average Bonchev–Trinajstić information content (AvgIpc) is 2.75. The van der Waals surface area contributed by atoms with E-state index >= 15 is 0 Å². The Bertz CT molecular complexity index is 917. The number of carbonyl (C=O) groups is 1. The van der Waals surface area contributed by atoms with E-state index < -0.39 is 20.6 Å². The zero-order valence-corrected chi connectivity index (χ0v) is 17.7. The molecule has 0 N–H and O–H groups in total. The highest BCUT2D eigenvalue weighted by Gasteiger charge is 2.54. The number of rotatable bonds is 7. The Labute approximate surface area is 172 Å². The highest BCUT2D eigenvalue weighted by molar-refractivity contribution is 7.93. The number of sulfone groups is 1. The van der Waals surface area contributed by atoms with Crippen LogP contribution >= 0.6 is 0 Å². The van der Waals surface area contributed by atoms with Crippen molar-refractivity contribution in [3.05, 3.63) is 60.2 Å². The van der Waals surface area contributed by atoms with Crippen molar-refractivity contribution in [3.63, 3.8) is 0 Å². The van der Waals surface area contributed by atoms with E-state index in [4.69, 9.17) is 9.47 Å². The van der Waals surface area contributed by atoms with Gasteiger partial charge in [0.05, 0.1) is 18.6 Å². The zero-order chi connectivity index (χ0) is 20.9. The number of esters is 1. The average molecular weight is 418 g/mol. The molecule has 0 radical (unpaired) electrons. The smallest absolute Gasteiger partial charge is 0.327 e. The maximum atomic E-state index is 13.5. The predicted molar refractivity (Wildman–Crippen MR) is 110 cm³/mol. The van der Waals surface area contributed by atoms with Crippen LogP contribution in [0.1, 0.15) is 25.3 Å². The van der Waals surface area contributed by atoms with Crippen LogP contribution in [0, 0.1) is 0 Å². The van der Waals surface area contributed by atoms with Crippen molar-refractivity contribution in [1.29, 1.82) is 0 Å². The van der Waals surface area contributed by atoms with Crippen LogP contribution in [0.4, 0.5) is 0 Å². The molecule has 0 saturated carbocycles. The summed E-state index contributed by atoms with van der Waals surface area (Å²) in [6.07, 6.45) is 0.403. The van der Waals surface area contributed by atoms with Crippen molar-refractivity contribution >= 4 is 15.8 Å². The normalized spacial score (nSPS) is 16.9. The zero-order valence-electron chi connectivity index (χ0n) is 16.8. The summed E-state index contributed by atoms with van der Waals surface area (Å²) in [6.45, 7) is 3.57. The number of piperidine rings is 1. The van der Waals surface area contributed by atoms with Crippen molar-refractivity contribution in [2.45, 2.75) is 36.0 Å². The van der Waals surface area contributed by atoms with Crippen LogP contribution in [0.3, 0.4) is 0 Å². The largest absolute Gasteiger partial charge is 0.497 e. The van der Waals surface area contributed by atoms with E-state index in [9.17, 15) is 13.2 Å². The number of likely N-dealkylation sites (tertiary alicyclic amines) is 1. The lowest BCUT2D eigenvalue weighted by Gasteiger charge is -2.39. The van der Waals surface area contributed by atoms with Gasteiger partial charge in [-0.25, -0.2) is 8.42 Å². The van der Waals surface area contributed by atoms with E-state index in [1.54, 1.807) is 19.1 Å². The quantitative estimate of drug-likeness (QED) is 0.645. The Hall–Kier alpha value is -2.38. The van der Waals surface area contributed by atoms with Gasteiger partial charge in [-0.05, 0) is 49.6 Å². The first-order chi connectivity index (χ1) is 13.9. The molecule has 0 spiro atoms. The van der Waals surface area contributed by atoms with E-state index in [-0.39, 0.29) is 24.3 Å². The summed E-state index contributed by atoms with van der Waals surface area (Å²) >= 11 is 0. The van der Waals surface area contributed by atoms with Gasteiger partial charge in [0.15, 0.2) is 14.6 Å². The Kier molecular flexibility index (Phi) is 6.59. The number of hydrogen-bond donors (Lipinski definition) is 0. The van der Waals surface area contributed by atoms with Crippen molar-refractivity contribution in [2.24, 2.45) is 0 Å². The van der Waals surface area contributed by atoms with Gasteiger partial charge >= 0.3 is 5.97 Å². The molecule has 0 amide bonds. The minimum atomic E-state index is -3.92. The lowest BCUT2D eigenvalue weighted by Crippen LogP contribution is -2.54. The number of benzene rings is 2. The van der Waals surface area contributed by atoms with E-state index in [0.717, 1.165) is 12.1 Å². The summed E-state index contributed by atoms with van der Waals surface area (Å²) < 4.78 is 35.8. The second kappa shape index (κ2) is 8.97. The van der Waals surface area contributed by atoms with Gasteiger partial charge in [-0.2, -0.15) is 0 Å². The van der Waals surface area contributed by atoms with Crippen LogP contribution in [0.5, 0.6) is 5.75 Å². The highest BCUT2D eigenvalue weighted by Crippen LogP contribution is 2.37. The van der Waals surface area contributed by atoms with Gasteiger partial charge in [-0.15, -0.1) is 0 Å². The fourth-order valence-corrected chi connectivity index (χ4v) is 5.68. The monoisotopic (exact) mass is 417 g/mol. The minimum absolute atomic E-state index is 0.114. The molecule has 3 rings (SSSR count). The lowest BCUT2D eigenvalue weighted by molar-refractivity contribution is -0.147. The molecular weight excluding hydrogens is 390 g/mol. The van der Waals surface area contributed by atoms with Crippen LogP contribution in [0.25, 0.3) is 0 Å². The fourth-order valence-electron chi connectivity index (χ4n) is 3.74. The molecule has 0 aromatic heterocycles. The Morgan fingerprint density at radius 2 is 1.66 bits per heavy atom. The lowest BCUT2D eigenvalue weighted by atomic mass is 9.95. The number of nitrogens with zero attached hydrogens (tertiary/aromatic N) is 1. The van der Waals surface area contributed by atoms with Crippen molar-refractivity contribution in [2.75, 3.05) is 26.8 Å². The van der Waals surface area contributed by atoms with Crippen LogP contribution in [0.15, 0.2) is 59.5 Å². The third-order valence-corrected chi connectivity index (χ3v) is 7.94. The molecule has 0 aliphatic carbocycles. The number of ether oxygens (including phenoxy) is 2. The maximum Gasteiger partial charge on any atom is 0.327 e. The standard InChI is InChI=1S/C22H27NO5S/c1-3-28-21(24)22(29(25,26)20-11-9-19(27-2)10-12-20)13-15-23(16-14-22)17-18-7-5-4-6-8-18/h4-12H,3,13-17H2,1-2H3. The third-order valence-electron chi connectivity index (χ3n) is 5.44. The van der Waals surface area contributed by atoms with E-state index in [1.807, 2.05) is 30.3 Å². The highest BCUT2D eigenvalue weighted by atomic mass is 32.2. The van der Waals surface area contributed by atoms with Gasteiger partial charge in [-0.3, -0.25) is 9.69 Å². The summed E-state index contributed by atoms with van der Waals surface area (Å²) in [5, 5.41) is 0. The van der Waals surface area contributed by atoms with Crippen LogP contribution in [0.2, 0.25) is 0 Å². The molecule has 7 heteroatoms. The molecule has 1 heterocycles. The second-order valence-electron chi connectivity index (χ2n) is 7.16. The van der Waals surface area contributed by atoms with Gasteiger partial charge in [0.2, 0.25) is 0 Å². The van der Waals surface area contributed by atoms with Crippen molar-refractivity contribution in [3.8, 4) is 5.75 Å². The van der Waals surface area contributed by atoms with Crippen LogP contribution in [-0.2, 0) is 25.9 Å². The summed E-state index contributed by atoms with van der Waals surface area (Å²) in [7, 11) is -2.40. The van der Waals surface area contributed by atoms with Gasteiger partial charge in [0, 0.05) is 19.6 Å². The van der Waals surface area contributed by atoms with Gasteiger partial charge in [-0.1, -0.05) is 30.3 Å². The molecule has 0 bridgehead atoms. The number of carbonyl (C=O) groups excluding carboxylic acids is 1. The molecule has 6 nitrogen and oxygen atoms in total. The third kappa shape index (κ3) is 4.31. The molecule has 2 aromatic rings. The number of hydrogen-bond acceptors (Lipinski definition) is 6. The van der Waals surface area contributed by atoms with Gasteiger partial charge in [0.1, 0.15) is 5.75 Å². The van der Waals surface area contributed by atoms with E-state index in [0.29, 0.717) is 18.8 Å². The molecule has 29 heavy (non-hydrogen) atoms. The summed E-state index contributed by atoms with van der Waals surface area (Å²) in [5.41, 5.74) is 1.16. The predicted octanol–water partition coefficient (Wildman–Crippen LogP) is 3.07. The first-order valence-corrected chi connectivity index (χ1v) is 11.2. The molecular formula is C22H27NO5S. The maximum absolute atomic E-state index is 13.5. The summed E-state index contributed by atoms with van der Waals surface area (Å²) in [4.78, 5) is 15.2. The first kappa shape index (κ1) is 21.3. The van der Waals surface area contributed by atoms with Crippen LogP contribution < -0.4 is 4.74 Å². The molecule has 1 aliphatic heterocycles. The minimum Gasteiger partial charge on any atom is -0.497 e. The van der Waals surface area contributed by atoms with Gasteiger partial charge in [0.25, 0.3) is 0 Å². The summed E-state index contributed by atoms with van der Waals surface area (Å²) in [6, 6.07) is 16.2. The molecule has 2 aromatic carbocycles. The molecule has 0 atom stereocenters. The summed E-state index contributed by atoms with van der Waals surface area (Å²) in [5.74, 6) is -0.0954. The van der Waals surface area contributed by atoms with E-state index in [2.05, 4.69) is 4.90 Å². The van der Waals surface area contributed by atoms with Crippen molar-refractivity contribution < 1.29 is 22.7 Å². The van der Waals surface area contributed by atoms with Crippen LogP contribution in [-0.4, -0.2) is 50.8 Å². The van der Waals surface area contributed by atoms with E-state index in [1.165, 1.54) is 19.2 Å². The second-order valence-corrected chi connectivity index (χ2v) is 9.42. The first-order valence-electron chi connectivity index (χ1n) is 9.75. The topological polar surface area (TPSA) is 72.9 Å². The Balaban J connectivity index is 1.86. The molecule has 0 unspecified atom stereocenters. The van der Waals surface area contributed by atoms with Gasteiger partial charge < -0.3 is 9.47 Å². The molecule has 1 fully saturated rings. The fraction of sp³-hybridized carbons (Fsp3) is 0.409. The number of methoxy groups -OCH3 is 1. The molecule has 1 aliphatic rings. The van der Waals surface area contributed by atoms with Crippen molar-refractivity contribution in [1.82, 2.24) is 4.90 Å². The molecule has 156 valence electrons.